The van der Waals surface area contributed by atoms with Crippen molar-refractivity contribution in [2.45, 2.75) is 18.6 Å². The van der Waals surface area contributed by atoms with Crippen LogP contribution in [0.25, 0.3) is 0 Å². The van der Waals surface area contributed by atoms with Crippen molar-refractivity contribution in [3.8, 4) is 0 Å². The van der Waals surface area contributed by atoms with Gasteiger partial charge in [0.05, 0.1) is 21.9 Å². The average Bonchev–Trinajstić information content (AvgIpc) is 3.00. The predicted octanol–water partition coefficient (Wildman–Crippen LogP) is 2.18. The molecule has 3 rings (SSSR count). The minimum atomic E-state index is -0.0478. The van der Waals surface area contributed by atoms with Gasteiger partial charge in [0.25, 0.3) is 5.91 Å². The first kappa shape index (κ1) is 13.4. The van der Waals surface area contributed by atoms with Gasteiger partial charge in [0.1, 0.15) is 0 Å². The summed E-state index contributed by atoms with van der Waals surface area (Å²) in [6.07, 6.45) is 1.26. The van der Waals surface area contributed by atoms with E-state index in [1.165, 1.54) is 11.3 Å². The summed E-state index contributed by atoms with van der Waals surface area (Å²) in [5, 5.41) is 3.11. The molecule has 1 aliphatic carbocycles. The number of ether oxygens (including phenoxy) is 2. The number of nitrogens with one attached hydrogen (secondary N) is 1. The van der Waals surface area contributed by atoms with Crippen LogP contribution in [-0.4, -0.2) is 38.4 Å². The largest absolute Gasteiger partial charge is 0.384 e. The molecule has 2 aliphatic rings. The van der Waals surface area contributed by atoms with E-state index in [1.54, 1.807) is 19.2 Å². The molecule has 1 amide bonds. The lowest BCUT2D eigenvalue weighted by atomic mass is 9.67. The van der Waals surface area contributed by atoms with Gasteiger partial charge in [-0.1, -0.05) is 11.6 Å². The van der Waals surface area contributed by atoms with E-state index in [0.717, 1.165) is 13.0 Å². The van der Waals surface area contributed by atoms with Crippen LogP contribution in [-0.2, 0) is 9.47 Å². The summed E-state index contributed by atoms with van der Waals surface area (Å²) in [7, 11) is 1.68. The lowest BCUT2D eigenvalue weighted by Crippen LogP contribution is -2.62. The van der Waals surface area contributed by atoms with Gasteiger partial charge in [0.15, 0.2) is 0 Å². The minimum Gasteiger partial charge on any atom is -0.384 e. The standard InChI is InChI=1S/C13H16ClNO3S/c1-17-6-8-11(7-4-5-18-12(7)8)15-13(16)9-2-3-10(14)19-9/h2-3,7-8,11-12H,4-6H2,1H3,(H,15,16)/t7-,8+,11+,12-/m1/s1. The van der Waals surface area contributed by atoms with Gasteiger partial charge in [0.2, 0.25) is 0 Å². The van der Waals surface area contributed by atoms with Crippen molar-refractivity contribution in [2.75, 3.05) is 20.3 Å². The molecule has 1 saturated heterocycles. The maximum Gasteiger partial charge on any atom is 0.261 e. The Morgan fingerprint density at radius 2 is 2.47 bits per heavy atom. The lowest BCUT2D eigenvalue weighted by Gasteiger charge is -2.47. The van der Waals surface area contributed by atoms with Crippen molar-refractivity contribution in [3.63, 3.8) is 0 Å². The summed E-state index contributed by atoms with van der Waals surface area (Å²) >= 11 is 7.16. The van der Waals surface area contributed by atoms with E-state index in [9.17, 15) is 4.79 Å². The Hall–Kier alpha value is -0.620. The summed E-state index contributed by atoms with van der Waals surface area (Å²) in [5.74, 6) is 0.643. The van der Waals surface area contributed by atoms with Crippen molar-refractivity contribution in [3.05, 3.63) is 21.3 Å². The van der Waals surface area contributed by atoms with Gasteiger partial charge in [-0.3, -0.25) is 4.79 Å². The molecular weight excluding hydrogens is 286 g/mol. The molecule has 1 aromatic rings. The SMILES string of the molecule is COC[C@H]1[C@@H](NC(=O)c2ccc(Cl)s2)[C@H]2CCO[C@H]21. The van der Waals surface area contributed by atoms with Gasteiger partial charge < -0.3 is 14.8 Å². The molecule has 0 radical (unpaired) electrons. The monoisotopic (exact) mass is 301 g/mol. The summed E-state index contributed by atoms with van der Waals surface area (Å²) < 4.78 is 11.5. The molecule has 0 aromatic carbocycles. The van der Waals surface area contributed by atoms with Crippen LogP contribution < -0.4 is 5.32 Å². The van der Waals surface area contributed by atoms with E-state index < -0.39 is 0 Å². The number of thiophene rings is 1. The van der Waals surface area contributed by atoms with Crippen LogP contribution in [0.2, 0.25) is 4.34 Å². The van der Waals surface area contributed by atoms with E-state index in [1.807, 2.05) is 0 Å². The highest BCUT2D eigenvalue weighted by atomic mass is 35.5. The summed E-state index contributed by atoms with van der Waals surface area (Å²) in [4.78, 5) is 12.8. The molecule has 4 nitrogen and oxygen atoms in total. The summed E-state index contributed by atoms with van der Waals surface area (Å²) in [6, 6.07) is 3.66. The van der Waals surface area contributed by atoms with E-state index in [4.69, 9.17) is 21.1 Å². The molecular formula is C13H16ClNO3S. The van der Waals surface area contributed by atoms with Crippen LogP contribution in [0.5, 0.6) is 0 Å². The molecule has 1 aromatic heterocycles. The van der Waals surface area contributed by atoms with Crippen LogP contribution in [0.3, 0.4) is 0 Å². The van der Waals surface area contributed by atoms with Gasteiger partial charge in [-0.05, 0) is 18.6 Å². The number of fused-ring (bicyclic) bond motifs is 1. The minimum absolute atomic E-state index is 0.0478. The Morgan fingerprint density at radius 3 is 3.16 bits per heavy atom. The Bertz CT molecular complexity index is 478. The second-order valence-corrected chi connectivity index (χ2v) is 6.73. The number of carbonyl (C=O) groups is 1. The van der Waals surface area contributed by atoms with Gasteiger partial charge in [0, 0.05) is 31.6 Å². The predicted molar refractivity (Wildman–Crippen MR) is 73.8 cm³/mol. The smallest absolute Gasteiger partial charge is 0.261 e. The van der Waals surface area contributed by atoms with E-state index in [-0.39, 0.29) is 24.0 Å². The number of hydrogen-bond acceptors (Lipinski definition) is 4. The van der Waals surface area contributed by atoms with E-state index in [2.05, 4.69) is 5.32 Å². The number of halogens is 1. The number of hydrogen-bond donors (Lipinski definition) is 1. The third-order valence-corrected chi connectivity index (χ3v) is 5.21. The highest BCUT2D eigenvalue weighted by Crippen LogP contribution is 2.43. The van der Waals surface area contributed by atoms with Gasteiger partial charge >= 0.3 is 0 Å². The molecule has 0 bridgehead atoms. The Labute approximate surface area is 121 Å². The Kier molecular flexibility index (Phi) is 3.80. The van der Waals surface area contributed by atoms with Crippen molar-refractivity contribution >= 4 is 28.8 Å². The first-order valence-electron chi connectivity index (χ1n) is 6.37. The second-order valence-electron chi connectivity index (χ2n) is 5.01. The number of methoxy groups -OCH3 is 1. The quantitative estimate of drug-likeness (QED) is 0.927. The van der Waals surface area contributed by atoms with Crippen LogP contribution in [0.1, 0.15) is 16.1 Å². The fourth-order valence-corrected chi connectivity index (χ4v) is 4.04. The molecule has 4 atom stereocenters. The maximum absolute atomic E-state index is 12.2. The summed E-state index contributed by atoms with van der Waals surface area (Å²) in [5.41, 5.74) is 0. The van der Waals surface area contributed by atoms with Gasteiger partial charge in [-0.25, -0.2) is 0 Å². The number of carbonyl (C=O) groups excluding carboxylic acids is 1. The molecule has 1 N–H and O–H groups in total. The van der Waals surface area contributed by atoms with Gasteiger partial charge in [-0.2, -0.15) is 0 Å². The zero-order valence-electron chi connectivity index (χ0n) is 10.6. The zero-order valence-corrected chi connectivity index (χ0v) is 12.2. The molecule has 0 unspecified atom stereocenters. The molecule has 2 heterocycles. The molecule has 6 heteroatoms. The Balaban J connectivity index is 1.66. The average molecular weight is 302 g/mol. The topological polar surface area (TPSA) is 47.6 Å². The third-order valence-electron chi connectivity index (χ3n) is 3.98. The van der Waals surface area contributed by atoms with Gasteiger partial charge in [-0.15, -0.1) is 11.3 Å². The molecule has 1 aliphatic heterocycles. The lowest BCUT2D eigenvalue weighted by molar-refractivity contribution is -0.0809. The van der Waals surface area contributed by atoms with Crippen molar-refractivity contribution in [1.82, 2.24) is 5.32 Å². The van der Waals surface area contributed by atoms with Crippen LogP contribution in [0, 0.1) is 11.8 Å². The molecule has 19 heavy (non-hydrogen) atoms. The summed E-state index contributed by atoms with van der Waals surface area (Å²) in [6.45, 7) is 1.41. The number of amides is 1. The fourth-order valence-electron chi connectivity index (χ4n) is 3.09. The fraction of sp³-hybridized carbons (Fsp3) is 0.615. The highest BCUT2D eigenvalue weighted by molar-refractivity contribution is 7.17. The van der Waals surface area contributed by atoms with Crippen molar-refractivity contribution in [2.24, 2.45) is 11.8 Å². The first-order chi connectivity index (χ1) is 9.20. The molecule has 0 spiro atoms. The zero-order chi connectivity index (χ0) is 13.4. The third kappa shape index (κ3) is 2.40. The van der Waals surface area contributed by atoms with E-state index >= 15 is 0 Å². The second kappa shape index (κ2) is 5.40. The Morgan fingerprint density at radius 1 is 1.63 bits per heavy atom. The maximum atomic E-state index is 12.2. The van der Waals surface area contributed by atoms with Crippen molar-refractivity contribution in [1.29, 1.82) is 0 Å². The van der Waals surface area contributed by atoms with Crippen molar-refractivity contribution < 1.29 is 14.3 Å². The molecule has 104 valence electrons. The molecule has 1 saturated carbocycles. The van der Waals surface area contributed by atoms with E-state index in [0.29, 0.717) is 21.7 Å². The molecule has 2 fully saturated rings. The van der Waals surface area contributed by atoms with Crippen LogP contribution >= 0.6 is 22.9 Å². The normalized spacial score (nSPS) is 32.7. The number of rotatable bonds is 4. The first-order valence-corrected chi connectivity index (χ1v) is 7.57. The van der Waals surface area contributed by atoms with Crippen LogP contribution in [0.15, 0.2) is 12.1 Å². The highest BCUT2D eigenvalue weighted by Gasteiger charge is 2.54. The van der Waals surface area contributed by atoms with Crippen LogP contribution in [0.4, 0.5) is 0 Å².